The molecule has 1 amide bonds. The summed E-state index contributed by atoms with van der Waals surface area (Å²) in [5.74, 6) is 3.37. The molecule has 1 aliphatic heterocycles. The summed E-state index contributed by atoms with van der Waals surface area (Å²) in [6.07, 6.45) is 14.6. The van der Waals surface area contributed by atoms with E-state index in [9.17, 15) is 4.79 Å². The Hall–Kier alpha value is -4.35. The van der Waals surface area contributed by atoms with Crippen molar-refractivity contribution in [3.63, 3.8) is 0 Å². The minimum atomic E-state index is 0.108. The van der Waals surface area contributed by atoms with Gasteiger partial charge in [-0.1, -0.05) is 18.1 Å². The van der Waals surface area contributed by atoms with Crippen LogP contribution in [0.5, 0.6) is 0 Å². The summed E-state index contributed by atoms with van der Waals surface area (Å²) in [7, 11) is 0. The lowest BCUT2D eigenvalue weighted by Crippen LogP contribution is -2.41. The summed E-state index contributed by atoms with van der Waals surface area (Å²) < 4.78 is 5.34. The molecule has 8 heteroatoms. The predicted molar refractivity (Wildman–Crippen MR) is 138 cm³/mol. The van der Waals surface area contributed by atoms with Crippen molar-refractivity contribution in [1.29, 1.82) is 0 Å². The summed E-state index contributed by atoms with van der Waals surface area (Å²) in [4.78, 5) is 31.8. The largest absolute Gasteiger partial charge is 0.378 e. The van der Waals surface area contributed by atoms with Gasteiger partial charge in [-0.2, -0.15) is 0 Å². The van der Waals surface area contributed by atoms with Crippen molar-refractivity contribution in [1.82, 2.24) is 24.8 Å². The highest BCUT2D eigenvalue weighted by Gasteiger charge is 2.17. The number of carbonyl (C=O) groups is 1. The van der Waals surface area contributed by atoms with Gasteiger partial charge >= 0.3 is 0 Å². The number of benzene rings is 2. The average Bonchev–Trinajstić information content (AvgIpc) is 2.92. The molecular formula is C28H26N6O2. The molecule has 2 aromatic carbocycles. The van der Waals surface area contributed by atoms with Crippen LogP contribution in [0.1, 0.15) is 22.3 Å². The summed E-state index contributed by atoms with van der Waals surface area (Å²) in [6, 6.07) is 11.8. The Kier molecular flexibility index (Phi) is 7.10. The molecule has 1 fully saturated rings. The van der Waals surface area contributed by atoms with E-state index in [1.54, 1.807) is 6.20 Å². The second-order valence-corrected chi connectivity index (χ2v) is 8.65. The lowest BCUT2D eigenvalue weighted by atomic mass is 9.99. The zero-order valence-corrected chi connectivity index (χ0v) is 19.9. The zero-order valence-electron chi connectivity index (χ0n) is 19.9. The number of anilines is 2. The first kappa shape index (κ1) is 23.4. The molecule has 0 saturated carbocycles. The fourth-order valence-electron chi connectivity index (χ4n) is 4.25. The van der Waals surface area contributed by atoms with Crippen LogP contribution in [0.4, 0.5) is 11.6 Å². The fraction of sp³-hybridized carbons (Fsp3) is 0.250. The van der Waals surface area contributed by atoms with Crippen molar-refractivity contribution in [2.45, 2.75) is 19.3 Å². The number of aromatic nitrogens is 4. The van der Waals surface area contributed by atoms with Crippen LogP contribution in [0.25, 0.3) is 10.9 Å². The van der Waals surface area contributed by atoms with Crippen LogP contribution >= 0.6 is 0 Å². The number of fused-ring (bicyclic) bond motifs is 1. The molecule has 1 aliphatic rings. The third-order valence-electron chi connectivity index (χ3n) is 6.16. The Morgan fingerprint density at radius 1 is 1.06 bits per heavy atom. The number of nitrogens with one attached hydrogen (secondary N) is 1. The lowest BCUT2D eigenvalue weighted by Gasteiger charge is -2.26. The first-order valence-electron chi connectivity index (χ1n) is 11.9. The Balaban J connectivity index is 1.32. The van der Waals surface area contributed by atoms with E-state index in [1.807, 2.05) is 53.7 Å². The number of rotatable bonds is 7. The molecule has 36 heavy (non-hydrogen) atoms. The number of terminal acetylenes is 1. The predicted octanol–water partition coefficient (Wildman–Crippen LogP) is 3.33. The van der Waals surface area contributed by atoms with Gasteiger partial charge < -0.3 is 15.0 Å². The highest BCUT2D eigenvalue weighted by Crippen LogP contribution is 2.22. The first-order valence-corrected chi connectivity index (χ1v) is 11.9. The monoisotopic (exact) mass is 478 g/mol. The average molecular weight is 479 g/mol. The lowest BCUT2D eigenvalue weighted by molar-refractivity contribution is -0.134. The normalized spacial score (nSPS) is 13.4. The van der Waals surface area contributed by atoms with Crippen molar-refractivity contribution in [3.05, 3.63) is 83.6 Å². The number of nitrogens with zero attached hydrogens (tertiary/aromatic N) is 5. The van der Waals surface area contributed by atoms with Crippen molar-refractivity contribution < 1.29 is 9.53 Å². The molecule has 2 aromatic heterocycles. The van der Waals surface area contributed by atoms with Crippen LogP contribution in [0, 0.1) is 12.3 Å². The van der Waals surface area contributed by atoms with Crippen molar-refractivity contribution in [3.8, 4) is 12.3 Å². The number of morpholine rings is 1. The zero-order chi connectivity index (χ0) is 24.7. The molecule has 0 unspecified atom stereocenters. The standard InChI is InChI=1S/C28H26N6O2/c1-2-22-14-24-18-31-28(33-26(24)15-23(22)7-6-21-16-29-19-30-17-21)32-25-5-3-4-20(12-25)13-27(35)34-8-10-36-11-9-34/h1,3-5,12,14-19H,6-11,13H2,(H,31,32,33). The maximum Gasteiger partial charge on any atom is 0.227 e. The van der Waals surface area contributed by atoms with Gasteiger partial charge in [0.25, 0.3) is 0 Å². The van der Waals surface area contributed by atoms with Crippen LogP contribution in [0.15, 0.2) is 61.3 Å². The van der Waals surface area contributed by atoms with Crippen molar-refractivity contribution >= 4 is 28.4 Å². The maximum absolute atomic E-state index is 12.6. The van der Waals surface area contributed by atoms with Gasteiger partial charge in [-0.3, -0.25) is 4.79 Å². The van der Waals surface area contributed by atoms with E-state index in [1.165, 1.54) is 6.33 Å². The van der Waals surface area contributed by atoms with Crippen LogP contribution in [-0.2, 0) is 28.8 Å². The number of carbonyl (C=O) groups excluding carboxylic acids is 1. The van der Waals surface area contributed by atoms with Gasteiger partial charge in [0, 0.05) is 48.3 Å². The topological polar surface area (TPSA) is 93.1 Å². The Morgan fingerprint density at radius 2 is 1.89 bits per heavy atom. The Morgan fingerprint density at radius 3 is 2.69 bits per heavy atom. The van der Waals surface area contributed by atoms with Crippen LogP contribution in [0.2, 0.25) is 0 Å². The van der Waals surface area contributed by atoms with Crippen molar-refractivity contribution in [2.75, 3.05) is 31.6 Å². The molecule has 0 bridgehead atoms. The van der Waals surface area contributed by atoms with Gasteiger partial charge in [-0.25, -0.2) is 19.9 Å². The Bertz CT molecular complexity index is 1410. The van der Waals surface area contributed by atoms with Crippen LogP contribution < -0.4 is 5.32 Å². The van der Waals surface area contributed by atoms with E-state index in [4.69, 9.17) is 16.1 Å². The highest BCUT2D eigenvalue weighted by molar-refractivity contribution is 5.82. The SMILES string of the molecule is C#Cc1cc2cnc(Nc3cccc(CC(=O)N4CCOCC4)c3)nc2cc1CCc1cncnc1. The molecule has 0 aliphatic carbocycles. The van der Waals surface area contributed by atoms with Crippen LogP contribution in [-0.4, -0.2) is 57.0 Å². The number of hydrogen-bond donors (Lipinski definition) is 1. The molecule has 4 aromatic rings. The molecular weight excluding hydrogens is 452 g/mol. The van der Waals surface area contributed by atoms with Crippen molar-refractivity contribution in [2.24, 2.45) is 0 Å². The van der Waals surface area contributed by atoms with Gasteiger partial charge in [-0.05, 0) is 53.8 Å². The maximum atomic E-state index is 12.6. The Labute approximate surface area is 209 Å². The summed E-state index contributed by atoms with van der Waals surface area (Å²) in [5.41, 5.74) is 5.50. The number of hydrogen-bond acceptors (Lipinski definition) is 7. The molecule has 0 atom stereocenters. The number of amides is 1. The molecule has 1 saturated heterocycles. The van der Waals surface area contributed by atoms with E-state index in [0.717, 1.165) is 51.7 Å². The number of ether oxygens (including phenoxy) is 1. The quantitative estimate of drug-likeness (QED) is 0.407. The fourth-order valence-corrected chi connectivity index (χ4v) is 4.25. The smallest absolute Gasteiger partial charge is 0.227 e. The third-order valence-corrected chi connectivity index (χ3v) is 6.16. The van der Waals surface area contributed by atoms with Gasteiger partial charge in [0.1, 0.15) is 6.33 Å². The van der Waals surface area contributed by atoms with E-state index in [0.29, 0.717) is 38.7 Å². The molecule has 0 spiro atoms. The molecule has 8 nitrogen and oxygen atoms in total. The minimum absolute atomic E-state index is 0.108. The van der Waals surface area contributed by atoms with E-state index >= 15 is 0 Å². The molecule has 5 rings (SSSR count). The second kappa shape index (κ2) is 10.9. The second-order valence-electron chi connectivity index (χ2n) is 8.65. The van der Waals surface area contributed by atoms with Gasteiger partial charge in [-0.15, -0.1) is 6.42 Å². The van der Waals surface area contributed by atoms with E-state index < -0.39 is 0 Å². The third kappa shape index (κ3) is 5.65. The van der Waals surface area contributed by atoms with E-state index in [2.05, 4.69) is 26.2 Å². The van der Waals surface area contributed by atoms with E-state index in [-0.39, 0.29) is 5.91 Å². The molecule has 0 radical (unpaired) electrons. The summed E-state index contributed by atoms with van der Waals surface area (Å²) in [6.45, 7) is 2.48. The highest BCUT2D eigenvalue weighted by atomic mass is 16.5. The summed E-state index contributed by atoms with van der Waals surface area (Å²) in [5, 5.41) is 4.15. The first-order chi connectivity index (χ1) is 17.7. The van der Waals surface area contributed by atoms with Crippen LogP contribution in [0.3, 0.4) is 0 Å². The van der Waals surface area contributed by atoms with Gasteiger partial charge in [0.15, 0.2) is 0 Å². The van der Waals surface area contributed by atoms with Gasteiger partial charge in [0.05, 0.1) is 25.2 Å². The van der Waals surface area contributed by atoms with Gasteiger partial charge in [0.2, 0.25) is 11.9 Å². The molecule has 3 heterocycles. The minimum Gasteiger partial charge on any atom is -0.378 e. The molecule has 1 N–H and O–H groups in total. The summed E-state index contributed by atoms with van der Waals surface area (Å²) >= 11 is 0. The molecule has 180 valence electrons. The number of aryl methyl sites for hydroxylation is 2.